The molecular formula is C13H8BrClF2. The molecule has 0 aliphatic rings. The Kier molecular flexibility index (Phi) is 3.79. The molecule has 1 unspecified atom stereocenters. The second-order valence-corrected chi connectivity index (χ2v) is 4.84. The highest BCUT2D eigenvalue weighted by atomic mass is 79.9. The second-order valence-electron chi connectivity index (χ2n) is 3.55. The first kappa shape index (κ1) is 12.5. The Morgan fingerprint density at radius 3 is 2.41 bits per heavy atom. The van der Waals surface area contributed by atoms with Crippen molar-refractivity contribution in [3.8, 4) is 0 Å². The highest BCUT2D eigenvalue weighted by molar-refractivity contribution is 9.10. The van der Waals surface area contributed by atoms with E-state index in [0.717, 1.165) is 22.7 Å². The standard InChI is InChI=1S/C13H8BrClF2/c14-11-4-2-1-3-9(11)13(15)10-7-8(16)5-6-12(10)17/h1-7,13H. The molecule has 0 saturated carbocycles. The summed E-state index contributed by atoms with van der Waals surface area (Å²) in [5.74, 6) is -1.01. The van der Waals surface area contributed by atoms with E-state index in [-0.39, 0.29) is 5.56 Å². The largest absolute Gasteiger partial charge is 0.207 e. The minimum atomic E-state index is -0.721. The fourth-order valence-corrected chi connectivity index (χ4v) is 2.56. The summed E-state index contributed by atoms with van der Waals surface area (Å²) in [6, 6.07) is 10.5. The van der Waals surface area contributed by atoms with Crippen LogP contribution in [0.3, 0.4) is 0 Å². The molecule has 0 aromatic heterocycles. The van der Waals surface area contributed by atoms with Gasteiger partial charge in [-0.15, -0.1) is 11.6 Å². The van der Waals surface area contributed by atoms with Crippen molar-refractivity contribution >= 4 is 27.5 Å². The topological polar surface area (TPSA) is 0 Å². The van der Waals surface area contributed by atoms with E-state index in [2.05, 4.69) is 15.9 Å². The Bertz CT molecular complexity index is 543. The summed E-state index contributed by atoms with van der Waals surface area (Å²) >= 11 is 9.51. The predicted octanol–water partition coefficient (Wildman–Crippen LogP) is 5.06. The van der Waals surface area contributed by atoms with Crippen LogP contribution < -0.4 is 0 Å². The number of hydrogen-bond acceptors (Lipinski definition) is 0. The molecule has 0 N–H and O–H groups in total. The maximum Gasteiger partial charge on any atom is 0.128 e. The Labute approximate surface area is 111 Å². The lowest BCUT2D eigenvalue weighted by atomic mass is 10.0. The minimum Gasteiger partial charge on any atom is -0.207 e. The van der Waals surface area contributed by atoms with Crippen molar-refractivity contribution in [1.82, 2.24) is 0 Å². The van der Waals surface area contributed by atoms with Crippen molar-refractivity contribution in [3.05, 3.63) is 69.7 Å². The summed E-state index contributed by atoms with van der Waals surface area (Å²) < 4.78 is 27.4. The quantitative estimate of drug-likeness (QED) is 0.680. The average molecular weight is 318 g/mol. The lowest BCUT2D eigenvalue weighted by molar-refractivity contribution is 0.587. The molecule has 0 amide bonds. The van der Waals surface area contributed by atoms with E-state index in [1.165, 1.54) is 0 Å². The van der Waals surface area contributed by atoms with Gasteiger partial charge in [-0.2, -0.15) is 0 Å². The zero-order chi connectivity index (χ0) is 12.4. The second kappa shape index (κ2) is 5.15. The molecule has 0 aliphatic carbocycles. The van der Waals surface area contributed by atoms with Crippen LogP contribution >= 0.6 is 27.5 Å². The first-order valence-corrected chi connectivity index (χ1v) is 6.16. The summed E-state index contributed by atoms with van der Waals surface area (Å²) in [5, 5.41) is -0.721. The number of halogens is 4. The maximum absolute atomic E-state index is 13.6. The van der Waals surface area contributed by atoms with Crippen LogP contribution in [-0.2, 0) is 0 Å². The Balaban J connectivity index is 2.47. The summed E-state index contributed by atoms with van der Waals surface area (Å²) in [6.45, 7) is 0. The smallest absolute Gasteiger partial charge is 0.128 e. The highest BCUT2D eigenvalue weighted by Crippen LogP contribution is 2.35. The summed E-state index contributed by atoms with van der Waals surface area (Å²) in [4.78, 5) is 0. The van der Waals surface area contributed by atoms with Gasteiger partial charge in [0.05, 0.1) is 5.38 Å². The first-order chi connectivity index (χ1) is 8.09. The predicted molar refractivity (Wildman–Crippen MR) is 68.2 cm³/mol. The SMILES string of the molecule is Fc1ccc(F)c(C(Cl)c2ccccc2Br)c1. The van der Waals surface area contributed by atoms with E-state index >= 15 is 0 Å². The van der Waals surface area contributed by atoms with Crippen molar-refractivity contribution in [2.24, 2.45) is 0 Å². The van der Waals surface area contributed by atoms with Gasteiger partial charge < -0.3 is 0 Å². The molecule has 0 bridgehead atoms. The fraction of sp³-hybridized carbons (Fsp3) is 0.0769. The molecule has 0 radical (unpaired) electrons. The molecule has 0 heterocycles. The van der Waals surface area contributed by atoms with Crippen LogP contribution in [0.2, 0.25) is 0 Å². The van der Waals surface area contributed by atoms with Crippen LogP contribution in [0.4, 0.5) is 8.78 Å². The molecule has 0 saturated heterocycles. The number of benzene rings is 2. The van der Waals surface area contributed by atoms with E-state index in [4.69, 9.17) is 11.6 Å². The Morgan fingerprint density at radius 2 is 1.71 bits per heavy atom. The van der Waals surface area contributed by atoms with Crippen molar-refractivity contribution in [2.75, 3.05) is 0 Å². The van der Waals surface area contributed by atoms with Gasteiger partial charge in [0.1, 0.15) is 11.6 Å². The average Bonchev–Trinajstić information content (AvgIpc) is 2.32. The van der Waals surface area contributed by atoms with Gasteiger partial charge in [0.25, 0.3) is 0 Å². The summed E-state index contributed by atoms with van der Waals surface area (Å²) in [5.41, 5.74) is 0.845. The first-order valence-electron chi connectivity index (χ1n) is 4.93. The third-order valence-corrected chi connectivity index (χ3v) is 3.60. The molecule has 2 rings (SSSR count). The van der Waals surface area contributed by atoms with Gasteiger partial charge >= 0.3 is 0 Å². The Hall–Kier alpha value is -0.930. The van der Waals surface area contributed by atoms with E-state index in [1.807, 2.05) is 12.1 Å². The monoisotopic (exact) mass is 316 g/mol. The lowest BCUT2D eigenvalue weighted by Crippen LogP contribution is -1.98. The third-order valence-electron chi connectivity index (χ3n) is 2.41. The van der Waals surface area contributed by atoms with Crippen molar-refractivity contribution < 1.29 is 8.78 Å². The van der Waals surface area contributed by atoms with Gasteiger partial charge in [0.15, 0.2) is 0 Å². The molecule has 2 aromatic rings. The van der Waals surface area contributed by atoms with E-state index < -0.39 is 17.0 Å². The number of hydrogen-bond donors (Lipinski definition) is 0. The van der Waals surface area contributed by atoms with Crippen LogP contribution in [-0.4, -0.2) is 0 Å². The summed E-state index contributed by atoms with van der Waals surface area (Å²) in [7, 11) is 0. The lowest BCUT2D eigenvalue weighted by Gasteiger charge is -2.13. The zero-order valence-electron chi connectivity index (χ0n) is 8.63. The number of rotatable bonds is 2. The molecular weight excluding hydrogens is 309 g/mol. The van der Waals surface area contributed by atoms with Gasteiger partial charge in [-0.05, 0) is 29.8 Å². The zero-order valence-corrected chi connectivity index (χ0v) is 11.0. The van der Waals surface area contributed by atoms with Gasteiger partial charge in [-0.3, -0.25) is 0 Å². The van der Waals surface area contributed by atoms with Gasteiger partial charge in [-0.1, -0.05) is 34.1 Å². The number of alkyl halides is 1. The van der Waals surface area contributed by atoms with E-state index in [9.17, 15) is 8.78 Å². The summed E-state index contributed by atoms with van der Waals surface area (Å²) in [6.07, 6.45) is 0. The molecule has 0 nitrogen and oxygen atoms in total. The fourth-order valence-electron chi connectivity index (χ4n) is 1.56. The van der Waals surface area contributed by atoms with E-state index in [1.54, 1.807) is 12.1 Å². The molecule has 2 aromatic carbocycles. The van der Waals surface area contributed by atoms with Gasteiger partial charge in [0, 0.05) is 10.0 Å². The molecule has 0 spiro atoms. The maximum atomic E-state index is 13.6. The van der Waals surface area contributed by atoms with Gasteiger partial charge in [-0.25, -0.2) is 8.78 Å². The van der Waals surface area contributed by atoms with Crippen LogP contribution in [0.5, 0.6) is 0 Å². The molecule has 88 valence electrons. The van der Waals surface area contributed by atoms with Gasteiger partial charge in [0.2, 0.25) is 0 Å². The van der Waals surface area contributed by atoms with Crippen LogP contribution in [0.25, 0.3) is 0 Å². The molecule has 0 aliphatic heterocycles. The van der Waals surface area contributed by atoms with Crippen molar-refractivity contribution in [2.45, 2.75) is 5.38 Å². The van der Waals surface area contributed by atoms with Crippen molar-refractivity contribution in [3.63, 3.8) is 0 Å². The van der Waals surface area contributed by atoms with Crippen molar-refractivity contribution in [1.29, 1.82) is 0 Å². The van der Waals surface area contributed by atoms with Crippen LogP contribution in [0.15, 0.2) is 46.9 Å². The third kappa shape index (κ3) is 2.67. The highest BCUT2D eigenvalue weighted by Gasteiger charge is 2.17. The molecule has 17 heavy (non-hydrogen) atoms. The van der Waals surface area contributed by atoms with Crippen LogP contribution in [0, 0.1) is 11.6 Å². The molecule has 4 heteroatoms. The van der Waals surface area contributed by atoms with Crippen LogP contribution in [0.1, 0.15) is 16.5 Å². The minimum absolute atomic E-state index is 0.138. The molecule has 1 atom stereocenters. The normalized spacial score (nSPS) is 12.5. The Morgan fingerprint density at radius 1 is 1.00 bits per heavy atom. The molecule has 0 fully saturated rings. The van der Waals surface area contributed by atoms with E-state index in [0.29, 0.717) is 5.56 Å².